The summed E-state index contributed by atoms with van der Waals surface area (Å²) in [4.78, 5) is 46.9. The van der Waals surface area contributed by atoms with Gasteiger partial charge >= 0.3 is 6.09 Å². The largest absolute Gasteiger partial charge is 0.448 e. The van der Waals surface area contributed by atoms with Gasteiger partial charge in [0, 0.05) is 42.0 Å². The number of aldehydes is 1. The van der Waals surface area contributed by atoms with Crippen LogP contribution in [0.1, 0.15) is 26.7 Å². The Bertz CT molecular complexity index is 892. The van der Waals surface area contributed by atoms with Gasteiger partial charge in [0.2, 0.25) is 0 Å². The third kappa shape index (κ3) is 10.5. The number of fused-ring (bicyclic) bond motifs is 1. The molecule has 2 unspecified atom stereocenters. The smallest absolute Gasteiger partial charge is 0.408 e. The summed E-state index contributed by atoms with van der Waals surface area (Å²) in [5.41, 5.74) is 1.87. The van der Waals surface area contributed by atoms with Crippen molar-refractivity contribution in [3.63, 3.8) is 0 Å². The molecule has 0 saturated carbocycles. The molecule has 2 aromatic rings. The predicted molar refractivity (Wildman–Crippen MR) is 135 cm³/mol. The van der Waals surface area contributed by atoms with Gasteiger partial charge in [-0.3, -0.25) is 4.98 Å². The molecule has 190 valence electrons. The number of aliphatic hydroxyl groups is 1. The Morgan fingerprint density at radius 3 is 2.68 bits per heavy atom. The van der Waals surface area contributed by atoms with Crippen LogP contribution in [0, 0.1) is 0 Å². The molecule has 0 aliphatic carbocycles. The lowest BCUT2D eigenvalue weighted by Gasteiger charge is -2.22. The number of carbonyl (C=O) groups is 2. The number of pyridine rings is 1. The zero-order chi connectivity index (χ0) is 25.5. The number of nitrogens with zero attached hydrogens (tertiary/aromatic N) is 2. The summed E-state index contributed by atoms with van der Waals surface area (Å²) in [7, 11) is -1.58. The van der Waals surface area contributed by atoms with Gasteiger partial charge < -0.3 is 40.0 Å². The molecule has 0 fully saturated rings. The maximum Gasteiger partial charge on any atom is 0.408 e. The third-order valence-corrected chi connectivity index (χ3v) is 5.93. The van der Waals surface area contributed by atoms with Crippen molar-refractivity contribution in [1.29, 1.82) is 0 Å². The average molecular weight is 517 g/mol. The minimum atomic E-state index is -2.58. The highest BCUT2D eigenvalue weighted by Crippen LogP contribution is 2.27. The molecular weight excluding hydrogens is 483 g/mol. The molecule has 1 heterocycles. The standard InChI is InChI=1S/C21H30ClN4O5P.CH4O/c1-3-26(11-12-31-21(28)25-20(14-27)32(29)30)10-4-5-15(2)24-18-8-9-23-19-13-16(22)6-7-17(18)19;1-2/h6-9,13-15,20,29-30H,3-5,10-12H2,1-2H3,(H,23,24)(H,25,28);2H,1H3. The van der Waals surface area contributed by atoms with Crippen molar-refractivity contribution in [1.82, 2.24) is 15.2 Å². The van der Waals surface area contributed by atoms with Gasteiger partial charge in [-0.2, -0.15) is 0 Å². The first-order valence-corrected chi connectivity index (χ1v) is 12.6. The number of benzene rings is 1. The zero-order valence-electron chi connectivity index (χ0n) is 19.6. The quantitative estimate of drug-likeness (QED) is 0.200. The number of aromatic nitrogens is 1. The number of ether oxygens (including phenoxy) is 1. The lowest BCUT2D eigenvalue weighted by molar-refractivity contribution is -0.108. The Hall–Kier alpha value is -2.07. The van der Waals surface area contributed by atoms with Gasteiger partial charge in [-0.15, -0.1) is 0 Å². The summed E-state index contributed by atoms with van der Waals surface area (Å²) < 4.78 is 5.02. The van der Waals surface area contributed by atoms with Crippen molar-refractivity contribution < 1.29 is 29.2 Å². The molecule has 0 bridgehead atoms. The van der Waals surface area contributed by atoms with Crippen LogP contribution in [0.5, 0.6) is 0 Å². The van der Waals surface area contributed by atoms with E-state index in [0.717, 1.165) is 49.6 Å². The minimum Gasteiger partial charge on any atom is -0.448 e. The number of carbonyl (C=O) groups excluding carboxylic acids is 2. The van der Waals surface area contributed by atoms with E-state index in [4.69, 9.17) is 31.2 Å². The fraction of sp³-hybridized carbons (Fsp3) is 0.500. The number of amides is 1. The van der Waals surface area contributed by atoms with Crippen molar-refractivity contribution in [2.75, 3.05) is 38.7 Å². The second-order valence-corrected chi connectivity index (χ2v) is 8.96. The van der Waals surface area contributed by atoms with Gasteiger partial charge in [0.05, 0.1) is 5.52 Å². The fourth-order valence-corrected chi connectivity index (χ4v) is 3.71. The fourth-order valence-electron chi connectivity index (χ4n) is 3.21. The highest BCUT2D eigenvalue weighted by atomic mass is 35.5. The molecule has 0 aliphatic rings. The Kier molecular flexibility index (Phi) is 14.6. The van der Waals surface area contributed by atoms with Crippen LogP contribution in [0.15, 0.2) is 30.5 Å². The molecular formula is C22H34ClN4O6P. The number of nitrogens with one attached hydrogen (secondary N) is 2. The van der Waals surface area contributed by atoms with Crippen LogP contribution in [0.3, 0.4) is 0 Å². The second-order valence-electron chi connectivity index (χ2n) is 7.32. The first kappa shape index (κ1) is 30.0. The molecule has 0 radical (unpaired) electrons. The summed E-state index contributed by atoms with van der Waals surface area (Å²) in [5, 5.41) is 14.3. The van der Waals surface area contributed by atoms with E-state index < -0.39 is 20.3 Å². The second kappa shape index (κ2) is 16.5. The number of aliphatic hydroxyl groups excluding tert-OH is 1. The van der Waals surface area contributed by atoms with Crippen molar-refractivity contribution in [2.45, 2.75) is 38.5 Å². The third-order valence-electron chi connectivity index (χ3n) is 4.95. The molecule has 1 aromatic heterocycles. The van der Waals surface area contributed by atoms with Crippen molar-refractivity contribution in [2.24, 2.45) is 0 Å². The summed E-state index contributed by atoms with van der Waals surface area (Å²) in [6.45, 7) is 6.49. The van der Waals surface area contributed by atoms with E-state index >= 15 is 0 Å². The molecule has 10 nitrogen and oxygen atoms in total. The Balaban J connectivity index is 0.00000281. The van der Waals surface area contributed by atoms with E-state index in [0.29, 0.717) is 11.6 Å². The van der Waals surface area contributed by atoms with Gasteiger partial charge in [0.15, 0.2) is 20.4 Å². The first-order chi connectivity index (χ1) is 16.3. The maximum absolute atomic E-state index is 11.6. The summed E-state index contributed by atoms with van der Waals surface area (Å²) in [5.74, 6) is -1.34. The van der Waals surface area contributed by atoms with Gasteiger partial charge in [-0.05, 0) is 57.1 Å². The number of likely N-dealkylation sites (N-methyl/N-ethyl adjacent to an activating group) is 1. The van der Waals surface area contributed by atoms with Gasteiger partial charge in [-0.1, -0.05) is 18.5 Å². The van der Waals surface area contributed by atoms with E-state index in [-0.39, 0.29) is 18.9 Å². The van der Waals surface area contributed by atoms with Crippen LogP contribution in [-0.2, 0) is 9.53 Å². The Morgan fingerprint density at radius 1 is 1.29 bits per heavy atom. The predicted octanol–water partition coefficient (Wildman–Crippen LogP) is 2.95. The lowest BCUT2D eigenvalue weighted by Crippen LogP contribution is -2.37. The molecule has 2 atom stereocenters. The lowest BCUT2D eigenvalue weighted by atomic mass is 10.1. The highest BCUT2D eigenvalue weighted by Gasteiger charge is 2.20. The molecule has 0 spiro atoms. The van der Waals surface area contributed by atoms with E-state index in [2.05, 4.69) is 27.4 Å². The summed E-state index contributed by atoms with van der Waals surface area (Å²) in [6.07, 6.45) is 3.09. The van der Waals surface area contributed by atoms with E-state index in [1.54, 1.807) is 6.20 Å². The number of rotatable bonds is 13. The highest BCUT2D eigenvalue weighted by molar-refractivity contribution is 7.47. The van der Waals surface area contributed by atoms with Gasteiger partial charge in [-0.25, -0.2) is 4.79 Å². The molecule has 5 N–H and O–H groups in total. The molecule has 1 amide bonds. The normalized spacial score (nSPS) is 12.6. The average Bonchev–Trinajstić information content (AvgIpc) is 2.82. The maximum atomic E-state index is 11.6. The SMILES string of the molecule is CCN(CCCC(C)Nc1ccnc2cc(Cl)ccc12)CCOC(=O)NC(C=O)P(O)O.CO. The van der Waals surface area contributed by atoms with Crippen LogP contribution in [0.2, 0.25) is 5.02 Å². The number of hydrogen-bond acceptors (Lipinski definition) is 9. The van der Waals surface area contributed by atoms with Crippen molar-refractivity contribution in [3.8, 4) is 0 Å². The topological polar surface area (TPSA) is 144 Å². The van der Waals surface area contributed by atoms with E-state index in [1.807, 2.05) is 31.2 Å². The van der Waals surface area contributed by atoms with Crippen LogP contribution < -0.4 is 10.6 Å². The van der Waals surface area contributed by atoms with Crippen LogP contribution >= 0.6 is 20.0 Å². The number of hydrogen-bond donors (Lipinski definition) is 5. The zero-order valence-corrected chi connectivity index (χ0v) is 21.3. The number of anilines is 1. The van der Waals surface area contributed by atoms with Crippen LogP contribution in [0.4, 0.5) is 10.5 Å². The van der Waals surface area contributed by atoms with Crippen molar-refractivity contribution >= 4 is 48.9 Å². The van der Waals surface area contributed by atoms with E-state index in [9.17, 15) is 9.59 Å². The van der Waals surface area contributed by atoms with Crippen molar-refractivity contribution in [3.05, 3.63) is 35.5 Å². The summed E-state index contributed by atoms with van der Waals surface area (Å²) in [6, 6.07) is 7.88. The van der Waals surface area contributed by atoms with Crippen LogP contribution in [-0.4, -0.2) is 82.3 Å². The summed E-state index contributed by atoms with van der Waals surface area (Å²) >= 11 is 6.05. The minimum absolute atomic E-state index is 0.138. The molecule has 34 heavy (non-hydrogen) atoms. The van der Waals surface area contributed by atoms with Gasteiger partial charge in [0.25, 0.3) is 0 Å². The first-order valence-electron chi connectivity index (χ1n) is 10.9. The molecule has 0 aliphatic heterocycles. The monoisotopic (exact) mass is 516 g/mol. The molecule has 0 saturated heterocycles. The van der Waals surface area contributed by atoms with Gasteiger partial charge in [0.1, 0.15) is 6.61 Å². The van der Waals surface area contributed by atoms with Crippen LogP contribution in [0.25, 0.3) is 10.9 Å². The molecule has 12 heteroatoms. The van der Waals surface area contributed by atoms with E-state index in [1.165, 1.54) is 0 Å². The Morgan fingerprint density at radius 2 is 2.03 bits per heavy atom. The molecule has 2 rings (SSSR count). The Labute approximate surface area is 206 Å². The number of halogens is 1. The molecule has 1 aromatic carbocycles. The number of alkyl carbamates (subject to hydrolysis) is 1.